The molecule has 1 fully saturated rings. The van der Waals surface area contributed by atoms with Crippen LogP contribution in [0.15, 0.2) is 24.3 Å². The average Bonchev–Trinajstić information content (AvgIpc) is 2.68. The molecule has 0 radical (unpaired) electrons. The van der Waals surface area contributed by atoms with Gasteiger partial charge < -0.3 is 15.2 Å². The number of nitrogens with one attached hydrogen (secondary N) is 1. The molecular weight excluding hydrogens is 394 g/mol. The van der Waals surface area contributed by atoms with E-state index >= 15 is 0 Å². The zero-order chi connectivity index (χ0) is 20.5. The number of aryl methyl sites for hydroxylation is 1. The molecule has 0 aromatic heterocycles. The molecule has 2 rings (SSSR count). The maximum Gasteiger partial charge on any atom is 0.317 e. The monoisotopic (exact) mass is 427 g/mol. The number of carbonyl (C=O) groups excluding carboxylic acids is 1. The van der Waals surface area contributed by atoms with Crippen molar-refractivity contribution in [1.82, 2.24) is 15.1 Å². The van der Waals surface area contributed by atoms with Gasteiger partial charge in [0.15, 0.2) is 0 Å². The van der Waals surface area contributed by atoms with Crippen molar-refractivity contribution in [3.05, 3.63) is 29.8 Å². The van der Waals surface area contributed by atoms with Crippen molar-refractivity contribution in [3.63, 3.8) is 0 Å². The van der Waals surface area contributed by atoms with E-state index in [1.807, 2.05) is 49.9 Å². The van der Waals surface area contributed by atoms with E-state index in [1.165, 1.54) is 0 Å². The van der Waals surface area contributed by atoms with Crippen LogP contribution in [0.25, 0.3) is 0 Å². The number of benzene rings is 1. The molecule has 1 aliphatic heterocycles. The highest BCUT2D eigenvalue weighted by Gasteiger charge is 2.29. The summed E-state index contributed by atoms with van der Waals surface area (Å²) in [6, 6.07) is 7.92. The molecule has 1 unspecified atom stereocenters. The summed E-state index contributed by atoms with van der Waals surface area (Å²) in [7, 11) is 0. The summed E-state index contributed by atoms with van der Waals surface area (Å²) in [6.07, 6.45) is 1.77. The van der Waals surface area contributed by atoms with Crippen LogP contribution >= 0.6 is 12.4 Å². The largest absolute Gasteiger partial charge is 0.492 e. The molecule has 1 aromatic carbocycles. The summed E-state index contributed by atoms with van der Waals surface area (Å²) in [5, 5.41) is 12.0. The number of carbonyl (C=O) groups is 2. The minimum absolute atomic E-state index is 0. The summed E-state index contributed by atoms with van der Waals surface area (Å²) in [4.78, 5) is 27.6. The number of rotatable bonds is 10. The number of amides is 1. The molecule has 0 saturated carbocycles. The summed E-state index contributed by atoms with van der Waals surface area (Å²) in [6.45, 7) is 9.24. The van der Waals surface area contributed by atoms with Gasteiger partial charge >= 0.3 is 5.97 Å². The van der Waals surface area contributed by atoms with Gasteiger partial charge in [0.2, 0.25) is 5.91 Å². The molecule has 2 N–H and O–H groups in total. The molecule has 1 heterocycles. The molecule has 0 spiro atoms. The Labute approximate surface area is 179 Å². The van der Waals surface area contributed by atoms with Crippen molar-refractivity contribution in [2.24, 2.45) is 0 Å². The number of nitrogens with zero attached hydrogens (tertiary/aromatic N) is 2. The van der Waals surface area contributed by atoms with Gasteiger partial charge in [-0.25, -0.2) is 0 Å². The molecule has 164 valence electrons. The molecule has 1 aliphatic rings. The number of likely N-dealkylation sites (N-methyl/N-ethyl adjacent to an activating group) is 1. The summed E-state index contributed by atoms with van der Waals surface area (Å²) in [5.74, 6) is 0.0280. The molecule has 1 atom stereocenters. The predicted molar refractivity (Wildman–Crippen MR) is 116 cm³/mol. The van der Waals surface area contributed by atoms with E-state index in [1.54, 1.807) is 0 Å². The third-order valence-corrected chi connectivity index (χ3v) is 5.35. The van der Waals surface area contributed by atoms with Gasteiger partial charge in [-0.05, 0) is 50.9 Å². The molecule has 0 aliphatic carbocycles. The van der Waals surface area contributed by atoms with Gasteiger partial charge in [0.05, 0.1) is 19.1 Å². The lowest BCUT2D eigenvalue weighted by atomic mass is 10.0. The maximum absolute atomic E-state index is 12.4. The third-order valence-electron chi connectivity index (χ3n) is 5.35. The van der Waals surface area contributed by atoms with Crippen molar-refractivity contribution in [3.8, 4) is 5.75 Å². The standard InChI is InChI=1S/C21H33N3O4.ClH/c1-4-23(15-20(25)26)18-8-11-24(12-9-18)17(3)21(27)22-10-13-28-19-7-5-6-16(2)14-19;/h5-7,14,17-18H,4,8-13,15H2,1-3H3,(H,22,27)(H,25,26);1H. The van der Waals surface area contributed by atoms with E-state index in [-0.39, 0.29) is 36.9 Å². The number of aliphatic carboxylic acids is 1. The average molecular weight is 428 g/mol. The van der Waals surface area contributed by atoms with Gasteiger partial charge in [0.1, 0.15) is 12.4 Å². The van der Waals surface area contributed by atoms with Crippen LogP contribution in [-0.4, -0.2) is 78.2 Å². The fraction of sp³-hybridized carbons (Fsp3) is 0.619. The van der Waals surface area contributed by atoms with Crippen LogP contribution in [-0.2, 0) is 9.59 Å². The second-order valence-corrected chi connectivity index (χ2v) is 7.36. The normalized spacial score (nSPS) is 16.1. The van der Waals surface area contributed by atoms with E-state index in [9.17, 15) is 9.59 Å². The highest BCUT2D eigenvalue weighted by Crippen LogP contribution is 2.18. The molecular formula is C21H34ClN3O4. The minimum Gasteiger partial charge on any atom is -0.492 e. The van der Waals surface area contributed by atoms with Gasteiger partial charge in [-0.1, -0.05) is 19.1 Å². The number of piperidine rings is 1. The van der Waals surface area contributed by atoms with Crippen molar-refractivity contribution in [2.75, 3.05) is 39.3 Å². The van der Waals surface area contributed by atoms with E-state index < -0.39 is 5.97 Å². The van der Waals surface area contributed by atoms with Crippen LogP contribution < -0.4 is 10.1 Å². The summed E-state index contributed by atoms with van der Waals surface area (Å²) < 4.78 is 5.67. The van der Waals surface area contributed by atoms with Crippen molar-refractivity contribution < 1.29 is 19.4 Å². The number of carboxylic acid groups (broad SMARTS) is 1. The summed E-state index contributed by atoms with van der Waals surface area (Å²) >= 11 is 0. The number of likely N-dealkylation sites (tertiary alicyclic amines) is 1. The molecule has 29 heavy (non-hydrogen) atoms. The zero-order valence-electron chi connectivity index (χ0n) is 17.6. The molecule has 0 bridgehead atoms. The van der Waals surface area contributed by atoms with Gasteiger partial charge in [-0.15, -0.1) is 12.4 Å². The lowest BCUT2D eigenvalue weighted by Gasteiger charge is -2.39. The summed E-state index contributed by atoms with van der Waals surface area (Å²) in [5.41, 5.74) is 1.14. The lowest BCUT2D eigenvalue weighted by Crippen LogP contribution is -2.52. The Balaban J connectivity index is 0.00000420. The Bertz CT molecular complexity index is 651. The van der Waals surface area contributed by atoms with Crippen molar-refractivity contribution in [1.29, 1.82) is 0 Å². The van der Waals surface area contributed by atoms with Crippen molar-refractivity contribution in [2.45, 2.75) is 45.7 Å². The van der Waals surface area contributed by atoms with Gasteiger partial charge in [-0.2, -0.15) is 0 Å². The second-order valence-electron chi connectivity index (χ2n) is 7.36. The smallest absolute Gasteiger partial charge is 0.317 e. The zero-order valence-corrected chi connectivity index (χ0v) is 18.4. The highest BCUT2D eigenvalue weighted by atomic mass is 35.5. The van der Waals surface area contributed by atoms with Gasteiger partial charge in [-0.3, -0.25) is 19.4 Å². The van der Waals surface area contributed by atoms with Crippen LogP contribution in [0.3, 0.4) is 0 Å². The number of hydrogen-bond donors (Lipinski definition) is 2. The molecule has 8 heteroatoms. The Morgan fingerprint density at radius 3 is 2.62 bits per heavy atom. The second kappa shape index (κ2) is 12.7. The first-order valence-electron chi connectivity index (χ1n) is 10.1. The fourth-order valence-corrected chi connectivity index (χ4v) is 3.67. The number of hydrogen-bond acceptors (Lipinski definition) is 5. The van der Waals surface area contributed by atoms with E-state index in [0.29, 0.717) is 13.2 Å². The highest BCUT2D eigenvalue weighted by molar-refractivity contribution is 5.85. The Morgan fingerprint density at radius 2 is 2.03 bits per heavy atom. The maximum atomic E-state index is 12.4. The Morgan fingerprint density at radius 1 is 1.34 bits per heavy atom. The SMILES string of the molecule is CCN(CC(=O)O)C1CCN(C(C)C(=O)NCCOc2cccc(C)c2)CC1.Cl. The number of ether oxygens (including phenoxy) is 1. The van der Waals surface area contributed by atoms with Crippen molar-refractivity contribution >= 4 is 24.3 Å². The van der Waals surface area contributed by atoms with E-state index in [0.717, 1.165) is 43.8 Å². The molecule has 1 amide bonds. The molecule has 1 aromatic rings. The first kappa shape index (κ1) is 25.2. The quantitative estimate of drug-likeness (QED) is 0.557. The van der Waals surface area contributed by atoms with Crippen LogP contribution in [0, 0.1) is 6.92 Å². The van der Waals surface area contributed by atoms with Crippen LogP contribution in [0.4, 0.5) is 0 Å². The van der Waals surface area contributed by atoms with Gasteiger partial charge in [0.25, 0.3) is 0 Å². The Hall–Kier alpha value is -1.83. The number of halogens is 1. The minimum atomic E-state index is -0.787. The first-order valence-corrected chi connectivity index (χ1v) is 10.1. The Kier molecular flexibility index (Phi) is 11.0. The fourth-order valence-electron chi connectivity index (χ4n) is 3.67. The molecule has 7 nitrogen and oxygen atoms in total. The van der Waals surface area contributed by atoms with E-state index in [2.05, 4.69) is 10.2 Å². The lowest BCUT2D eigenvalue weighted by molar-refractivity contribution is -0.139. The van der Waals surface area contributed by atoms with E-state index in [4.69, 9.17) is 9.84 Å². The van der Waals surface area contributed by atoms with Gasteiger partial charge in [0, 0.05) is 19.1 Å². The third kappa shape index (κ3) is 8.20. The number of carboxylic acids is 1. The van der Waals surface area contributed by atoms with Crippen LogP contribution in [0.1, 0.15) is 32.3 Å². The molecule has 1 saturated heterocycles. The van der Waals surface area contributed by atoms with Crippen LogP contribution in [0.5, 0.6) is 5.75 Å². The topological polar surface area (TPSA) is 82.1 Å². The van der Waals surface area contributed by atoms with Crippen LogP contribution in [0.2, 0.25) is 0 Å². The predicted octanol–water partition coefficient (Wildman–Crippen LogP) is 2.17. The first-order chi connectivity index (χ1) is 13.4.